The van der Waals surface area contributed by atoms with Crippen molar-refractivity contribution in [3.05, 3.63) is 23.8 Å². The van der Waals surface area contributed by atoms with Gasteiger partial charge in [-0.15, -0.1) is 24.8 Å². The molecule has 1 aromatic carbocycles. The van der Waals surface area contributed by atoms with Gasteiger partial charge in [0.05, 0.1) is 5.54 Å². The first-order valence-corrected chi connectivity index (χ1v) is 7.55. The molecule has 2 N–H and O–H groups in total. The summed E-state index contributed by atoms with van der Waals surface area (Å²) >= 11 is 0. The Morgan fingerprint density at radius 1 is 1.21 bits per heavy atom. The van der Waals surface area contributed by atoms with Crippen LogP contribution in [-0.2, 0) is 4.79 Å². The number of aryl methyl sites for hydroxylation is 1. The van der Waals surface area contributed by atoms with Crippen molar-refractivity contribution < 1.29 is 9.21 Å². The highest BCUT2D eigenvalue weighted by molar-refractivity contribution is 5.86. The van der Waals surface area contributed by atoms with E-state index >= 15 is 0 Å². The number of carbonyl (C=O) groups is 1. The first kappa shape index (κ1) is 20.5. The Balaban J connectivity index is 0.00000144. The summed E-state index contributed by atoms with van der Waals surface area (Å²) in [6.07, 6.45) is 0. The summed E-state index contributed by atoms with van der Waals surface area (Å²) in [6, 6.07) is 6.59. The van der Waals surface area contributed by atoms with Gasteiger partial charge in [-0.25, -0.2) is 0 Å². The highest BCUT2D eigenvalue weighted by Crippen LogP contribution is 2.24. The standard InChI is InChI=1S/C16H22N4O2.2ClH/c1-11-4-5-13-12(10-11)18-15(22-13)20-8-6-19(7-9-20)14(21)16(2,3)17;;/h4-5,10H,6-9,17H2,1-3H3;2*1H. The number of nitrogens with two attached hydrogens (primary N) is 1. The van der Waals surface area contributed by atoms with Crippen molar-refractivity contribution in [2.75, 3.05) is 31.1 Å². The largest absolute Gasteiger partial charge is 0.423 e. The normalized spacial score (nSPS) is 15.0. The van der Waals surface area contributed by atoms with Crippen LogP contribution in [0.5, 0.6) is 0 Å². The van der Waals surface area contributed by atoms with Gasteiger partial charge in [-0.05, 0) is 38.5 Å². The van der Waals surface area contributed by atoms with Gasteiger partial charge < -0.3 is 20.0 Å². The lowest BCUT2D eigenvalue weighted by Gasteiger charge is -2.36. The Hall–Kier alpha value is -1.50. The van der Waals surface area contributed by atoms with Gasteiger partial charge in [-0.2, -0.15) is 4.98 Å². The predicted molar refractivity (Wildman–Crippen MR) is 100 cm³/mol. The van der Waals surface area contributed by atoms with E-state index in [-0.39, 0.29) is 30.7 Å². The fraction of sp³-hybridized carbons (Fsp3) is 0.500. The van der Waals surface area contributed by atoms with Crippen LogP contribution in [0.2, 0.25) is 0 Å². The summed E-state index contributed by atoms with van der Waals surface area (Å²) in [7, 11) is 0. The van der Waals surface area contributed by atoms with E-state index in [1.807, 2.05) is 30.0 Å². The highest BCUT2D eigenvalue weighted by Gasteiger charge is 2.31. The van der Waals surface area contributed by atoms with Crippen LogP contribution in [0, 0.1) is 6.92 Å². The number of nitrogens with zero attached hydrogens (tertiary/aromatic N) is 3. The number of amides is 1. The minimum absolute atomic E-state index is 0. The van der Waals surface area contributed by atoms with Crippen molar-refractivity contribution >= 4 is 47.8 Å². The van der Waals surface area contributed by atoms with E-state index in [4.69, 9.17) is 10.2 Å². The molecule has 8 heteroatoms. The first-order valence-electron chi connectivity index (χ1n) is 7.55. The molecule has 0 unspecified atom stereocenters. The number of hydrogen-bond donors (Lipinski definition) is 1. The van der Waals surface area contributed by atoms with Crippen molar-refractivity contribution in [2.45, 2.75) is 26.3 Å². The molecule has 0 saturated carbocycles. The predicted octanol–water partition coefficient (Wildman–Crippen LogP) is 2.37. The van der Waals surface area contributed by atoms with Crippen LogP contribution in [-0.4, -0.2) is 47.5 Å². The van der Waals surface area contributed by atoms with E-state index in [0.717, 1.165) is 16.7 Å². The van der Waals surface area contributed by atoms with Crippen LogP contribution in [0.15, 0.2) is 22.6 Å². The van der Waals surface area contributed by atoms with Crippen LogP contribution < -0.4 is 10.6 Å². The maximum absolute atomic E-state index is 12.2. The Bertz CT molecular complexity index is 704. The fourth-order valence-electron chi connectivity index (χ4n) is 2.67. The molecule has 1 aromatic heterocycles. The van der Waals surface area contributed by atoms with Crippen molar-refractivity contribution in [2.24, 2.45) is 5.73 Å². The maximum Gasteiger partial charge on any atom is 0.298 e. The third-order valence-corrected chi connectivity index (χ3v) is 3.92. The molecule has 1 saturated heterocycles. The molecule has 0 spiro atoms. The number of piperazine rings is 1. The lowest BCUT2D eigenvalue weighted by molar-refractivity contribution is -0.136. The number of carbonyl (C=O) groups excluding carboxylic acids is 1. The summed E-state index contributed by atoms with van der Waals surface area (Å²) in [5, 5.41) is 0. The number of fused-ring (bicyclic) bond motifs is 1. The Labute approximate surface area is 154 Å². The SMILES string of the molecule is Cc1ccc2oc(N3CCN(C(=O)C(C)(C)N)CC3)nc2c1.Cl.Cl. The van der Waals surface area contributed by atoms with Gasteiger partial charge in [0, 0.05) is 26.2 Å². The molecular weight excluding hydrogens is 351 g/mol. The van der Waals surface area contributed by atoms with Crippen molar-refractivity contribution in [1.82, 2.24) is 9.88 Å². The van der Waals surface area contributed by atoms with Crippen LogP contribution >= 0.6 is 24.8 Å². The molecule has 1 aliphatic rings. The second-order valence-electron chi connectivity index (χ2n) is 6.47. The summed E-state index contributed by atoms with van der Waals surface area (Å²) in [6.45, 7) is 8.19. The third kappa shape index (κ3) is 4.12. The Kier molecular flexibility index (Phi) is 6.50. The summed E-state index contributed by atoms with van der Waals surface area (Å²) in [4.78, 5) is 20.6. The van der Waals surface area contributed by atoms with Gasteiger partial charge >= 0.3 is 0 Å². The molecule has 1 fully saturated rings. The molecule has 6 nitrogen and oxygen atoms in total. The smallest absolute Gasteiger partial charge is 0.298 e. The van der Waals surface area contributed by atoms with Crippen LogP contribution in [0.25, 0.3) is 11.1 Å². The molecule has 0 atom stereocenters. The van der Waals surface area contributed by atoms with Crippen LogP contribution in [0.3, 0.4) is 0 Å². The molecule has 0 bridgehead atoms. The third-order valence-electron chi connectivity index (χ3n) is 3.92. The van der Waals surface area contributed by atoms with E-state index in [1.165, 1.54) is 0 Å². The minimum Gasteiger partial charge on any atom is -0.423 e. The second-order valence-corrected chi connectivity index (χ2v) is 6.47. The number of oxazole rings is 1. The van der Waals surface area contributed by atoms with Gasteiger partial charge in [0.25, 0.3) is 6.01 Å². The van der Waals surface area contributed by atoms with E-state index in [1.54, 1.807) is 13.8 Å². The molecule has 1 aliphatic heterocycles. The fourth-order valence-corrected chi connectivity index (χ4v) is 2.67. The van der Waals surface area contributed by atoms with E-state index < -0.39 is 5.54 Å². The zero-order valence-corrected chi connectivity index (χ0v) is 15.7. The van der Waals surface area contributed by atoms with Crippen molar-refractivity contribution in [3.63, 3.8) is 0 Å². The van der Waals surface area contributed by atoms with E-state index in [9.17, 15) is 4.79 Å². The van der Waals surface area contributed by atoms with Crippen LogP contribution in [0.4, 0.5) is 6.01 Å². The summed E-state index contributed by atoms with van der Waals surface area (Å²) in [5.74, 6) is -0.0136. The topological polar surface area (TPSA) is 75.6 Å². The zero-order valence-electron chi connectivity index (χ0n) is 14.1. The quantitative estimate of drug-likeness (QED) is 0.872. The lowest BCUT2D eigenvalue weighted by atomic mass is 10.1. The van der Waals surface area contributed by atoms with Crippen molar-refractivity contribution in [1.29, 1.82) is 0 Å². The number of anilines is 1. The second kappa shape index (κ2) is 7.59. The molecule has 3 rings (SSSR count). The number of benzene rings is 1. The molecule has 0 radical (unpaired) electrons. The zero-order chi connectivity index (χ0) is 15.9. The molecular formula is C16H24Cl2N4O2. The van der Waals surface area contributed by atoms with Gasteiger partial charge in [0.1, 0.15) is 5.52 Å². The first-order chi connectivity index (χ1) is 10.3. The van der Waals surface area contributed by atoms with Gasteiger partial charge in [-0.3, -0.25) is 4.79 Å². The molecule has 24 heavy (non-hydrogen) atoms. The highest BCUT2D eigenvalue weighted by atomic mass is 35.5. The van der Waals surface area contributed by atoms with Gasteiger partial charge in [0.15, 0.2) is 5.58 Å². The lowest BCUT2D eigenvalue weighted by Crippen LogP contribution is -2.57. The molecule has 134 valence electrons. The average Bonchev–Trinajstić information content (AvgIpc) is 2.88. The summed E-state index contributed by atoms with van der Waals surface area (Å²) < 4.78 is 5.81. The number of halogens is 2. The maximum atomic E-state index is 12.2. The van der Waals surface area contributed by atoms with Gasteiger partial charge in [0.2, 0.25) is 5.91 Å². The summed E-state index contributed by atoms with van der Waals surface area (Å²) in [5.41, 5.74) is 7.89. The number of hydrogen-bond acceptors (Lipinski definition) is 5. The molecule has 0 aliphatic carbocycles. The average molecular weight is 375 g/mol. The van der Waals surface area contributed by atoms with E-state index in [2.05, 4.69) is 9.88 Å². The van der Waals surface area contributed by atoms with Crippen molar-refractivity contribution in [3.8, 4) is 0 Å². The van der Waals surface area contributed by atoms with E-state index in [0.29, 0.717) is 32.2 Å². The molecule has 2 heterocycles. The van der Waals surface area contributed by atoms with Crippen LogP contribution in [0.1, 0.15) is 19.4 Å². The van der Waals surface area contributed by atoms with Gasteiger partial charge in [-0.1, -0.05) is 6.07 Å². The number of aromatic nitrogens is 1. The minimum atomic E-state index is -0.822. The molecule has 1 amide bonds. The monoisotopic (exact) mass is 374 g/mol. The number of rotatable bonds is 2. The Morgan fingerprint density at radius 3 is 2.42 bits per heavy atom. The Morgan fingerprint density at radius 2 is 1.83 bits per heavy atom. The molecule has 2 aromatic rings.